The molecule has 0 saturated heterocycles. The Kier molecular flexibility index (Phi) is 3.42. The maximum Gasteiger partial charge on any atom is 0.152 e. The first-order chi connectivity index (χ1) is 9.69. The topological polar surface area (TPSA) is 66.0 Å². The third-order valence-electron chi connectivity index (χ3n) is 4.31. The van der Waals surface area contributed by atoms with Crippen molar-refractivity contribution in [1.29, 1.82) is 0 Å². The predicted octanol–water partition coefficient (Wildman–Crippen LogP) is 2.85. The van der Waals surface area contributed by atoms with Crippen LogP contribution in [0.15, 0.2) is 17.4 Å². The van der Waals surface area contributed by atoms with Gasteiger partial charge in [0, 0.05) is 13.6 Å². The van der Waals surface area contributed by atoms with E-state index in [4.69, 9.17) is 9.98 Å². The predicted molar refractivity (Wildman–Crippen MR) is 82.4 cm³/mol. The second-order valence-electron chi connectivity index (χ2n) is 5.70. The average molecular weight is 271 g/mol. The van der Waals surface area contributed by atoms with Crippen molar-refractivity contribution in [3.05, 3.63) is 18.2 Å². The van der Waals surface area contributed by atoms with Crippen molar-refractivity contribution in [2.45, 2.75) is 26.7 Å². The summed E-state index contributed by atoms with van der Waals surface area (Å²) in [5.41, 5.74) is 3.94. The molecule has 1 aliphatic rings. The van der Waals surface area contributed by atoms with E-state index >= 15 is 0 Å². The summed E-state index contributed by atoms with van der Waals surface area (Å²) < 4.78 is 0. The molecule has 5 heteroatoms. The van der Waals surface area contributed by atoms with Crippen LogP contribution in [0.5, 0.6) is 0 Å². The number of nitrogens with zero attached hydrogens (tertiary/aromatic N) is 3. The standard InChI is InChI=1S/C15H21N5/c1-9-4-5-11(18-6-10(9)2)15-19-13-8-17-7-12(16-3)14(13)20-15/h7-10,16H,4-6H2,1-3H3,(H,19,20). The molecule has 2 aromatic heterocycles. The van der Waals surface area contributed by atoms with E-state index in [1.807, 2.05) is 13.2 Å². The fourth-order valence-corrected chi connectivity index (χ4v) is 2.61. The van der Waals surface area contributed by atoms with Crippen molar-refractivity contribution in [2.75, 3.05) is 18.9 Å². The Morgan fingerprint density at radius 2 is 2.10 bits per heavy atom. The van der Waals surface area contributed by atoms with Crippen LogP contribution < -0.4 is 5.32 Å². The molecule has 0 fully saturated rings. The molecule has 0 bridgehead atoms. The lowest BCUT2D eigenvalue weighted by molar-refractivity contribution is 0.388. The Bertz CT molecular complexity index is 643. The van der Waals surface area contributed by atoms with Gasteiger partial charge >= 0.3 is 0 Å². The lowest BCUT2D eigenvalue weighted by Crippen LogP contribution is -2.08. The number of H-pyrrole nitrogens is 1. The van der Waals surface area contributed by atoms with Gasteiger partial charge in [-0.1, -0.05) is 13.8 Å². The molecule has 1 aliphatic heterocycles. The fourth-order valence-electron chi connectivity index (χ4n) is 2.61. The molecule has 2 N–H and O–H groups in total. The Morgan fingerprint density at radius 3 is 2.90 bits per heavy atom. The normalized spacial score (nSPS) is 23.4. The molecule has 5 nitrogen and oxygen atoms in total. The summed E-state index contributed by atoms with van der Waals surface area (Å²) in [6.07, 6.45) is 5.78. The highest BCUT2D eigenvalue weighted by molar-refractivity contribution is 6.01. The number of aliphatic imine (C=N–C) groups is 1. The van der Waals surface area contributed by atoms with Gasteiger partial charge in [-0.3, -0.25) is 9.98 Å². The van der Waals surface area contributed by atoms with Gasteiger partial charge in [0.25, 0.3) is 0 Å². The van der Waals surface area contributed by atoms with Crippen LogP contribution in [0, 0.1) is 11.8 Å². The summed E-state index contributed by atoms with van der Waals surface area (Å²) in [6, 6.07) is 0. The smallest absolute Gasteiger partial charge is 0.152 e. The summed E-state index contributed by atoms with van der Waals surface area (Å²) in [5.74, 6) is 2.26. The molecule has 0 saturated carbocycles. The summed E-state index contributed by atoms with van der Waals surface area (Å²) in [6.45, 7) is 5.48. The van der Waals surface area contributed by atoms with Gasteiger partial charge in [0.15, 0.2) is 5.82 Å². The largest absolute Gasteiger partial charge is 0.385 e. The molecule has 3 heterocycles. The minimum Gasteiger partial charge on any atom is -0.385 e. The van der Waals surface area contributed by atoms with Gasteiger partial charge in [-0.05, 0) is 24.7 Å². The van der Waals surface area contributed by atoms with Crippen LogP contribution in [-0.2, 0) is 0 Å². The highest BCUT2D eigenvalue weighted by Crippen LogP contribution is 2.24. The summed E-state index contributed by atoms with van der Waals surface area (Å²) in [4.78, 5) is 17.0. The minimum absolute atomic E-state index is 0.645. The van der Waals surface area contributed by atoms with Gasteiger partial charge in [-0.25, -0.2) is 4.98 Å². The van der Waals surface area contributed by atoms with Crippen LogP contribution in [0.25, 0.3) is 11.0 Å². The number of anilines is 1. The molecule has 3 rings (SSSR count). The third-order valence-corrected chi connectivity index (χ3v) is 4.31. The number of rotatable bonds is 2. The van der Waals surface area contributed by atoms with Crippen LogP contribution >= 0.6 is 0 Å². The number of aromatic nitrogens is 3. The Hall–Kier alpha value is -1.91. The summed E-state index contributed by atoms with van der Waals surface area (Å²) >= 11 is 0. The van der Waals surface area contributed by atoms with E-state index in [-0.39, 0.29) is 0 Å². The van der Waals surface area contributed by atoms with Crippen LogP contribution in [-0.4, -0.2) is 34.3 Å². The molecule has 20 heavy (non-hydrogen) atoms. The number of fused-ring (bicyclic) bond motifs is 1. The number of aromatic amines is 1. The van der Waals surface area contributed by atoms with Crippen LogP contribution in [0.4, 0.5) is 5.69 Å². The van der Waals surface area contributed by atoms with Gasteiger partial charge in [-0.2, -0.15) is 0 Å². The van der Waals surface area contributed by atoms with Crippen molar-refractivity contribution in [2.24, 2.45) is 16.8 Å². The van der Waals surface area contributed by atoms with Gasteiger partial charge in [-0.15, -0.1) is 0 Å². The maximum atomic E-state index is 4.76. The SMILES string of the molecule is CNc1cncc2[nH]c(C3=NCC(C)C(C)CC3)nc12. The quantitative estimate of drug-likeness (QED) is 0.882. The van der Waals surface area contributed by atoms with Crippen LogP contribution in [0.2, 0.25) is 0 Å². The number of imidazole rings is 1. The van der Waals surface area contributed by atoms with Crippen LogP contribution in [0.1, 0.15) is 32.5 Å². The Morgan fingerprint density at radius 1 is 1.25 bits per heavy atom. The molecule has 0 amide bonds. The van der Waals surface area contributed by atoms with E-state index in [0.717, 1.165) is 47.1 Å². The zero-order valence-corrected chi connectivity index (χ0v) is 12.3. The molecule has 106 valence electrons. The fraction of sp³-hybridized carbons (Fsp3) is 0.533. The van der Waals surface area contributed by atoms with E-state index < -0.39 is 0 Å². The first kappa shape index (κ1) is 13.1. The molecule has 0 radical (unpaired) electrons. The average Bonchev–Trinajstić information content (AvgIpc) is 2.82. The van der Waals surface area contributed by atoms with Gasteiger partial charge < -0.3 is 10.3 Å². The first-order valence-corrected chi connectivity index (χ1v) is 7.24. The highest BCUT2D eigenvalue weighted by Gasteiger charge is 2.20. The molecule has 2 unspecified atom stereocenters. The van der Waals surface area contributed by atoms with E-state index in [2.05, 4.69) is 29.1 Å². The minimum atomic E-state index is 0.645. The second-order valence-corrected chi connectivity index (χ2v) is 5.70. The van der Waals surface area contributed by atoms with Crippen LogP contribution in [0.3, 0.4) is 0 Å². The molecule has 2 atom stereocenters. The number of pyridine rings is 1. The molecular weight excluding hydrogens is 250 g/mol. The lowest BCUT2D eigenvalue weighted by atomic mass is 9.92. The number of hydrogen-bond donors (Lipinski definition) is 2. The zero-order chi connectivity index (χ0) is 14.1. The van der Waals surface area contributed by atoms with E-state index in [0.29, 0.717) is 5.92 Å². The second kappa shape index (κ2) is 5.23. The molecule has 0 aliphatic carbocycles. The van der Waals surface area contributed by atoms with Crippen molar-refractivity contribution in [3.63, 3.8) is 0 Å². The zero-order valence-electron chi connectivity index (χ0n) is 12.3. The van der Waals surface area contributed by atoms with Crippen molar-refractivity contribution in [1.82, 2.24) is 15.0 Å². The summed E-state index contributed by atoms with van der Waals surface area (Å²) in [5, 5.41) is 3.13. The van der Waals surface area contributed by atoms with Gasteiger partial charge in [0.05, 0.1) is 29.3 Å². The molecule has 0 spiro atoms. The maximum absolute atomic E-state index is 4.76. The highest BCUT2D eigenvalue weighted by atomic mass is 15.0. The monoisotopic (exact) mass is 271 g/mol. The van der Waals surface area contributed by atoms with E-state index in [1.165, 1.54) is 6.42 Å². The Balaban J connectivity index is 1.98. The number of hydrogen-bond acceptors (Lipinski definition) is 4. The molecule has 2 aromatic rings. The van der Waals surface area contributed by atoms with E-state index in [9.17, 15) is 0 Å². The van der Waals surface area contributed by atoms with Gasteiger partial charge in [0.1, 0.15) is 5.52 Å². The lowest BCUT2D eigenvalue weighted by Gasteiger charge is -2.13. The third kappa shape index (κ3) is 2.28. The van der Waals surface area contributed by atoms with E-state index in [1.54, 1.807) is 6.20 Å². The van der Waals surface area contributed by atoms with Gasteiger partial charge in [0.2, 0.25) is 0 Å². The van der Waals surface area contributed by atoms with Crippen molar-refractivity contribution >= 4 is 22.4 Å². The van der Waals surface area contributed by atoms with Crippen molar-refractivity contribution in [3.8, 4) is 0 Å². The van der Waals surface area contributed by atoms with Crippen molar-refractivity contribution < 1.29 is 0 Å². The first-order valence-electron chi connectivity index (χ1n) is 7.24. The molecule has 0 aromatic carbocycles. The Labute approximate surface area is 118 Å². The molecular formula is C15H21N5. The number of nitrogens with one attached hydrogen (secondary N) is 2. The summed E-state index contributed by atoms with van der Waals surface area (Å²) in [7, 11) is 1.89.